The van der Waals surface area contributed by atoms with Crippen LogP contribution in [0.4, 0.5) is 0 Å². The van der Waals surface area contributed by atoms with Crippen molar-refractivity contribution in [2.45, 2.75) is 58.5 Å². The number of carboxylic acids is 1. The molecule has 0 radical (unpaired) electrons. The molecular weight excluding hydrogens is 742 g/mol. The molecule has 0 spiro atoms. The quantitative estimate of drug-likeness (QED) is 0.102. The Kier molecular flexibility index (Phi) is 13.5. The van der Waals surface area contributed by atoms with Gasteiger partial charge >= 0.3 is 5.97 Å². The largest absolute Gasteiger partial charge is 0.488 e. The maximum absolute atomic E-state index is 11.0. The number of carbonyl (C=O) groups is 1. The van der Waals surface area contributed by atoms with E-state index in [4.69, 9.17) is 26.2 Å². The SMILES string of the molecule is Cc1c(COc2cc(OCc3cncc(C#N)c3)c(CCC[C@@H](O)CC(=O)O)cc2Cl)cccc1-c1cccc(-c2ccc(CN(C)C)cc2)c1Br. The average molecular weight is 783 g/mol. The van der Waals surface area contributed by atoms with Gasteiger partial charge in [0.25, 0.3) is 0 Å². The fourth-order valence-corrected chi connectivity index (χ4v) is 6.99. The molecular formula is C42H41BrClN3O5. The summed E-state index contributed by atoms with van der Waals surface area (Å²) in [7, 11) is 4.13. The molecule has 5 rings (SSSR count). The first-order valence-corrected chi connectivity index (χ1v) is 18.1. The van der Waals surface area contributed by atoms with Gasteiger partial charge in [-0.1, -0.05) is 72.3 Å². The average Bonchev–Trinajstić information content (AvgIpc) is 3.11. The molecule has 0 saturated carbocycles. The molecule has 0 unspecified atom stereocenters. The second-order valence-corrected chi connectivity index (χ2v) is 14.2. The predicted molar refractivity (Wildman–Crippen MR) is 207 cm³/mol. The molecule has 0 fully saturated rings. The normalized spacial score (nSPS) is 11.7. The number of nitriles is 1. The van der Waals surface area contributed by atoms with E-state index in [1.165, 1.54) is 11.8 Å². The van der Waals surface area contributed by atoms with Crippen molar-refractivity contribution in [3.05, 3.63) is 134 Å². The van der Waals surface area contributed by atoms with Gasteiger partial charge in [0.1, 0.15) is 30.8 Å². The van der Waals surface area contributed by atoms with Crippen LogP contribution >= 0.6 is 27.5 Å². The Labute approximate surface area is 318 Å². The minimum atomic E-state index is -1.04. The number of hydrogen-bond acceptors (Lipinski definition) is 7. The van der Waals surface area contributed by atoms with Gasteiger partial charge in [-0.3, -0.25) is 9.78 Å². The number of rotatable bonds is 16. The molecule has 0 aliphatic heterocycles. The Morgan fingerprint density at radius 1 is 0.923 bits per heavy atom. The molecule has 8 nitrogen and oxygen atoms in total. The first-order chi connectivity index (χ1) is 25.0. The molecule has 1 atom stereocenters. The molecule has 1 heterocycles. The van der Waals surface area contributed by atoms with Gasteiger partial charge in [-0.05, 0) is 113 Å². The van der Waals surface area contributed by atoms with E-state index in [0.717, 1.165) is 55.5 Å². The van der Waals surface area contributed by atoms with E-state index < -0.39 is 12.1 Å². The van der Waals surface area contributed by atoms with E-state index in [1.807, 2.05) is 12.1 Å². The van der Waals surface area contributed by atoms with Crippen LogP contribution in [0.5, 0.6) is 11.5 Å². The highest BCUT2D eigenvalue weighted by molar-refractivity contribution is 9.10. The van der Waals surface area contributed by atoms with Crippen molar-refractivity contribution in [1.29, 1.82) is 5.26 Å². The topological polar surface area (TPSA) is 116 Å². The number of carboxylic acid groups (broad SMARTS) is 1. The van der Waals surface area contributed by atoms with Crippen molar-refractivity contribution in [3.63, 3.8) is 0 Å². The zero-order chi connectivity index (χ0) is 37.2. The second kappa shape index (κ2) is 18.2. The van der Waals surface area contributed by atoms with Crippen molar-refractivity contribution in [2.24, 2.45) is 0 Å². The third-order valence-corrected chi connectivity index (χ3v) is 9.86. The number of hydrogen-bond donors (Lipinski definition) is 2. The number of ether oxygens (including phenoxy) is 2. The first kappa shape index (κ1) is 38.5. The highest BCUT2D eigenvalue weighted by atomic mass is 79.9. The van der Waals surface area contributed by atoms with Crippen molar-refractivity contribution in [3.8, 4) is 39.8 Å². The molecule has 0 bridgehead atoms. The highest BCUT2D eigenvalue weighted by Gasteiger charge is 2.17. The van der Waals surface area contributed by atoms with Crippen LogP contribution in [0.25, 0.3) is 22.3 Å². The van der Waals surface area contributed by atoms with E-state index >= 15 is 0 Å². The summed E-state index contributed by atoms with van der Waals surface area (Å²) in [5, 5.41) is 28.8. The van der Waals surface area contributed by atoms with Gasteiger partial charge < -0.3 is 24.6 Å². The van der Waals surface area contributed by atoms with Gasteiger partial charge in [0.15, 0.2) is 0 Å². The predicted octanol–water partition coefficient (Wildman–Crippen LogP) is 9.39. The number of aliphatic hydroxyl groups is 1. The summed E-state index contributed by atoms with van der Waals surface area (Å²) in [5.74, 6) is -0.0610. The standard InChI is InChI=1S/C42H41BrClN3O5/c1-27-33(8-5-10-35(27)37-12-6-11-36(42(37)43)31-15-13-28(14-16-31)24-47(2)3)26-52-40-20-39(51-25-30-17-29(21-45)22-46-23-30)32(18-38(40)44)7-4-9-34(48)19-41(49)50/h5-6,8,10-18,20,22-23,34,48H,4,7,9,19,24-26H2,1-3H3,(H,49,50)/t34-/m1/s1. The minimum Gasteiger partial charge on any atom is -0.488 e. The molecule has 0 aliphatic carbocycles. The summed E-state index contributed by atoms with van der Waals surface area (Å²) in [5.41, 5.74) is 9.69. The van der Waals surface area contributed by atoms with Crippen LogP contribution in [0.15, 0.2) is 95.7 Å². The number of aryl methyl sites for hydroxylation is 1. The summed E-state index contributed by atoms with van der Waals surface area (Å²) < 4.78 is 13.6. The number of pyridine rings is 1. The summed E-state index contributed by atoms with van der Waals surface area (Å²) in [6.45, 7) is 3.40. The summed E-state index contributed by atoms with van der Waals surface area (Å²) in [6.07, 6.45) is 3.21. The maximum Gasteiger partial charge on any atom is 0.305 e. The second-order valence-electron chi connectivity index (χ2n) is 13.0. The third kappa shape index (κ3) is 10.2. The van der Waals surface area contributed by atoms with E-state index in [2.05, 4.69) is 101 Å². The maximum atomic E-state index is 11.0. The zero-order valence-electron chi connectivity index (χ0n) is 29.4. The first-order valence-electron chi connectivity index (χ1n) is 17.0. The van der Waals surface area contributed by atoms with Crippen LogP contribution in [0.3, 0.4) is 0 Å². The zero-order valence-corrected chi connectivity index (χ0v) is 31.7. The summed E-state index contributed by atoms with van der Waals surface area (Å²) in [6, 6.07) is 28.5. The molecule has 10 heteroatoms. The van der Waals surface area contributed by atoms with Crippen LogP contribution in [0, 0.1) is 18.3 Å². The van der Waals surface area contributed by atoms with Crippen LogP contribution in [-0.2, 0) is 31.0 Å². The molecule has 268 valence electrons. The van der Waals surface area contributed by atoms with Gasteiger partial charge in [0.05, 0.1) is 23.1 Å². The molecule has 5 aromatic rings. The van der Waals surface area contributed by atoms with Crippen LogP contribution in [0.1, 0.15) is 52.6 Å². The monoisotopic (exact) mass is 781 g/mol. The Morgan fingerprint density at radius 3 is 2.37 bits per heavy atom. The Bertz CT molecular complexity index is 2060. The molecule has 0 saturated heterocycles. The number of halogens is 2. The van der Waals surface area contributed by atoms with Crippen LogP contribution in [-0.4, -0.2) is 46.3 Å². The number of aromatic nitrogens is 1. The fraction of sp³-hybridized carbons (Fsp3) is 0.262. The van der Waals surface area contributed by atoms with E-state index in [1.54, 1.807) is 24.4 Å². The lowest BCUT2D eigenvalue weighted by atomic mass is 9.94. The number of benzene rings is 4. The van der Waals surface area contributed by atoms with Crippen molar-refractivity contribution in [1.82, 2.24) is 9.88 Å². The van der Waals surface area contributed by atoms with Crippen molar-refractivity contribution >= 4 is 33.5 Å². The summed E-state index contributed by atoms with van der Waals surface area (Å²) >= 11 is 10.7. The van der Waals surface area contributed by atoms with Gasteiger partial charge in [-0.15, -0.1) is 0 Å². The van der Waals surface area contributed by atoms with Crippen molar-refractivity contribution in [2.75, 3.05) is 14.1 Å². The lowest BCUT2D eigenvalue weighted by Crippen LogP contribution is -2.13. The van der Waals surface area contributed by atoms with Crippen LogP contribution < -0.4 is 9.47 Å². The molecule has 4 aromatic carbocycles. The molecule has 0 amide bonds. The fourth-order valence-electron chi connectivity index (χ4n) is 6.04. The molecule has 2 N–H and O–H groups in total. The Balaban J connectivity index is 1.37. The van der Waals surface area contributed by atoms with Gasteiger partial charge in [0, 0.05) is 35.0 Å². The van der Waals surface area contributed by atoms with Crippen molar-refractivity contribution < 1.29 is 24.5 Å². The van der Waals surface area contributed by atoms with Gasteiger partial charge in [-0.2, -0.15) is 5.26 Å². The van der Waals surface area contributed by atoms with E-state index in [0.29, 0.717) is 41.3 Å². The molecule has 52 heavy (non-hydrogen) atoms. The van der Waals surface area contributed by atoms with E-state index in [-0.39, 0.29) is 19.6 Å². The number of aliphatic carboxylic acids is 1. The number of aliphatic hydroxyl groups excluding tert-OH is 1. The lowest BCUT2D eigenvalue weighted by Gasteiger charge is -2.18. The lowest BCUT2D eigenvalue weighted by molar-refractivity contribution is -0.139. The van der Waals surface area contributed by atoms with Gasteiger partial charge in [0.2, 0.25) is 0 Å². The Morgan fingerprint density at radius 2 is 1.63 bits per heavy atom. The van der Waals surface area contributed by atoms with Gasteiger partial charge in [-0.25, -0.2) is 0 Å². The van der Waals surface area contributed by atoms with Crippen LogP contribution in [0.2, 0.25) is 5.02 Å². The highest BCUT2D eigenvalue weighted by Crippen LogP contribution is 2.39. The number of nitrogens with zero attached hydrogens (tertiary/aromatic N) is 3. The molecule has 0 aliphatic rings. The minimum absolute atomic E-state index is 0.160. The molecule has 1 aromatic heterocycles. The summed E-state index contributed by atoms with van der Waals surface area (Å²) in [4.78, 5) is 17.3. The third-order valence-electron chi connectivity index (χ3n) is 8.71. The van der Waals surface area contributed by atoms with E-state index in [9.17, 15) is 15.2 Å². The Hall–Kier alpha value is -4.72. The smallest absolute Gasteiger partial charge is 0.305 e.